The number of nitrogens with zero attached hydrogens (tertiary/aromatic N) is 1. The predicted molar refractivity (Wildman–Crippen MR) is 81.4 cm³/mol. The molecule has 0 aromatic heterocycles. The minimum Gasteiger partial charge on any atom is -0.342 e. The molecule has 7 heteroatoms. The molecule has 0 radical (unpaired) electrons. The lowest BCUT2D eigenvalue weighted by Gasteiger charge is -2.18. The zero-order valence-corrected chi connectivity index (χ0v) is 12.9. The quantitative estimate of drug-likeness (QED) is 0.877. The van der Waals surface area contributed by atoms with E-state index in [4.69, 9.17) is 23.2 Å². The molecule has 1 rings (SSSR count). The van der Waals surface area contributed by atoms with Crippen LogP contribution in [0.25, 0.3) is 0 Å². The Balaban J connectivity index is 2.52. The van der Waals surface area contributed by atoms with E-state index < -0.39 is 6.03 Å². The molecule has 110 valence electrons. The number of nitrogens with one attached hydrogen (secondary N) is 2. The van der Waals surface area contributed by atoms with Gasteiger partial charge in [-0.3, -0.25) is 4.79 Å². The molecule has 1 aromatic rings. The first-order chi connectivity index (χ1) is 9.47. The van der Waals surface area contributed by atoms with Crippen LogP contribution in [0.5, 0.6) is 0 Å². The fourth-order valence-corrected chi connectivity index (χ4v) is 1.94. The standard InChI is InChI=1S/C13H17Cl2N3O2/c1-3-18(4-2)12(19)8-16-13(20)17-11-7-9(14)5-6-10(11)15/h5-7H,3-4,8H2,1-2H3,(H2,16,17,20). The molecule has 20 heavy (non-hydrogen) atoms. The lowest BCUT2D eigenvalue weighted by atomic mass is 10.3. The summed E-state index contributed by atoms with van der Waals surface area (Å²) in [4.78, 5) is 25.0. The van der Waals surface area contributed by atoms with Crippen LogP contribution in [0.2, 0.25) is 10.0 Å². The summed E-state index contributed by atoms with van der Waals surface area (Å²) in [6.45, 7) is 4.92. The van der Waals surface area contributed by atoms with E-state index in [2.05, 4.69) is 10.6 Å². The van der Waals surface area contributed by atoms with Gasteiger partial charge in [-0.1, -0.05) is 23.2 Å². The van der Waals surface area contributed by atoms with E-state index in [-0.39, 0.29) is 12.5 Å². The third kappa shape index (κ3) is 4.90. The number of carbonyl (C=O) groups excluding carboxylic acids is 2. The summed E-state index contributed by atoms with van der Waals surface area (Å²) in [5, 5.41) is 5.86. The van der Waals surface area contributed by atoms with Gasteiger partial charge in [0.15, 0.2) is 0 Å². The summed E-state index contributed by atoms with van der Waals surface area (Å²) in [6, 6.07) is 4.24. The molecule has 0 aliphatic heterocycles. The molecule has 0 fully saturated rings. The van der Waals surface area contributed by atoms with Gasteiger partial charge >= 0.3 is 6.03 Å². The molecule has 0 spiro atoms. The van der Waals surface area contributed by atoms with Gasteiger partial charge in [-0.2, -0.15) is 0 Å². The highest BCUT2D eigenvalue weighted by Crippen LogP contribution is 2.25. The zero-order chi connectivity index (χ0) is 15.1. The van der Waals surface area contributed by atoms with Crippen LogP contribution in [0.3, 0.4) is 0 Å². The van der Waals surface area contributed by atoms with Crippen molar-refractivity contribution in [2.45, 2.75) is 13.8 Å². The van der Waals surface area contributed by atoms with Crippen LogP contribution in [0.15, 0.2) is 18.2 Å². The van der Waals surface area contributed by atoms with Gasteiger partial charge < -0.3 is 15.5 Å². The van der Waals surface area contributed by atoms with E-state index in [0.29, 0.717) is 28.8 Å². The highest BCUT2D eigenvalue weighted by Gasteiger charge is 2.11. The van der Waals surface area contributed by atoms with Gasteiger partial charge in [0.1, 0.15) is 0 Å². The Hall–Kier alpha value is -1.46. The Bertz CT molecular complexity index is 491. The monoisotopic (exact) mass is 317 g/mol. The van der Waals surface area contributed by atoms with E-state index >= 15 is 0 Å². The smallest absolute Gasteiger partial charge is 0.319 e. The Morgan fingerprint density at radius 2 is 1.85 bits per heavy atom. The number of hydrogen-bond donors (Lipinski definition) is 2. The average Bonchev–Trinajstić information content (AvgIpc) is 2.42. The topological polar surface area (TPSA) is 61.4 Å². The number of likely N-dealkylation sites (N-methyl/N-ethyl adjacent to an activating group) is 1. The summed E-state index contributed by atoms with van der Waals surface area (Å²) >= 11 is 11.7. The molecule has 0 aliphatic carbocycles. The molecule has 0 aliphatic rings. The van der Waals surface area contributed by atoms with E-state index in [1.54, 1.807) is 17.0 Å². The number of urea groups is 1. The normalized spacial score (nSPS) is 10.0. The third-order valence-electron chi connectivity index (χ3n) is 2.69. The highest BCUT2D eigenvalue weighted by molar-refractivity contribution is 6.35. The van der Waals surface area contributed by atoms with Crippen molar-refractivity contribution < 1.29 is 9.59 Å². The molecular formula is C13H17Cl2N3O2. The average molecular weight is 318 g/mol. The maximum atomic E-state index is 11.7. The van der Waals surface area contributed by atoms with Crippen LogP contribution in [0, 0.1) is 0 Å². The number of benzene rings is 1. The van der Waals surface area contributed by atoms with Gasteiger partial charge in [-0.15, -0.1) is 0 Å². The Morgan fingerprint density at radius 1 is 1.20 bits per heavy atom. The zero-order valence-electron chi connectivity index (χ0n) is 11.4. The van der Waals surface area contributed by atoms with Gasteiger partial charge in [0.2, 0.25) is 5.91 Å². The first-order valence-electron chi connectivity index (χ1n) is 6.25. The SMILES string of the molecule is CCN(CC)C(=O)CNC(=O)Nc1cc(Cl)ccc1Cl. The van der Waals surface area contributed by atoms with Crippen molar-refractivity contribution in [3.63, 3.8) is 0 Å². The summed E-state index contributed by atoms with van der Waals surface area (Å²) in [7, 11) is 0. The predicted octanol–water partition coefficient (Wildman–Crippen LogP) is 2.98. The molecule has 0 atom stereocenters. The third-order valence-corrected chi connectivity index (χ3v) is 3.26. The largest absolute Gasteiger partial charge is 0.342 e. The molecule has 0 saturated heterocycles. The van der Waals surface area contributed by atoms with Crippen molar-refractivity contribution in [1.82, 2.24) is 10.2 Å². The summed E-state index contributed by atoms with van der Waals surface area (Å²) in [6.07, 6.45) is 0. The van der Waals surface area contributed by atoms with Crippen molar-refractivity contribution in [2.24, 2.45) is 0 Å². The van der Waals surface area contributed by atoms with E-state index in [0.717, 1.165) is 0 Å². The Kier molecular flexibility index (Phi) is 6.61. The van der Waals surface area contributed by atoms with Crippen LogP contribution in [0.1, 0.15) is 13.8 Å². The van der Waals surface area contributed by atoms with Crippen molar-refractivity contribution in [1.29, 1.82) is 0 Å². The van der Waals surface area contributed by atoms with Crippen molar-refractivity contribution >= 4 is 40.8 Å². The first-order valence-corrected chi connectivity index (χ1v) is 7.01. The Labute approximate surface area is 128 Å². The van der Waals surface area contributed by atoms with Crippen LogP contribution >= 0.6 is 23.2 Å². The minimum atomic E-state index is -0.505. The maximum Gasteiger partial charge on any atom is 0.319 e. The highest BCUT2D eigenvalue weighted by atomic mass is 35.5. The summed E-state index contributed by atoms with van der Waals surface area (Å²) in [5.41, 5.74) is 0.395. The summed E-state index contributed by atoms with van der Waals surface area (Å²) < 4.78 is 0. The van der Waals surface area contributed by atoms with Crippen LogP contribution in [0.4, 0.5) is 10.5 Å². The maximum absolute atomic E-state index is 11.7. The number of carbonyl (C=O) groups is 2. The molecule has 3 amide bonds. The lowest BCUT2D eigenvalue weighted by Crippen LogP contribution is -2.41. The fourth-order valence-electron chi connectivity index (χ4n) is 1.60. The van der Waals surface area contributed by atoms with Crippen LogP contribution in [-0.2, 0) is 4.79 Å². The molecule has 0 saturated carbocycles. The first kappa shape index (κ1) is 16.6. The van der Waals surface area contributed by atoms with E-state index in [1.165, 1.54) is 6.07 Å². The van der Waals surface area contributed by atoms with Gasteiger partial charge in [0.05, 0.1) is 17.3 Å². The van der Waals surface area contributed by atoms with Crippen molar-refractivity contribution in [3.8, 4) is 0 Å². The molecule has 0 heterocycles. The number of anilines is 1. The lowest BCUT2D eigenvalue weighted by molar-refractivity contribution is -0.129. The Morgan fingerprint density at radius 3 is 2.45 bits per heavy atom. The van der Waals surface area contributed by atoms with Gasteiger partial charge in [0, 0.05) is 18.1 Å². The summed E-state index contributed by atoms with van der Waals surface area (Å²) in [5.74, 6) is -0.137. The molecule has 2 N–H and O–H groups in total. The van der Waals surface area contributed by atoms with Crippen molar-refractivity contribution in [3.05, 3.63) is 28.2 Å². The molecular weight excluding hydrogens is 301 g/mol. The van der Waals surface area contributed by atoms with Gasteiger partial charge in [0.25, 0.3) is 0 Å². The molecule has 0 unspecified atom stereocenters. The molecule has 0 bridgehead atoms. The van der Waals surface area contributed by atoms with E-state index in [1.807, 2.05) is 13.8 Å². The van der Waals surface area contributed by atoms with Gasteiger partial charge in [-0.05, 0) is 32.0 Å². The van der Waals surface area contributed by atoms with Crippen LogP contribution in [-0.4, -0.2) is 36.5 Å². The van der Waals surface area contributed by atoms with Gasteiger partial charge in [-0.25, -0.2) is 4.79 Å². The molecule has 5 nitrogen and oxygen atoms in total. The molecule has 1 aromatic carbocycles. The second-order valence-electron chi connectivity index (χ2n) is 4.00. The minimum absolute atomic E-state index is 0.0638. The number of hydrogen-bond acceptors (Lipinski definition) is 2. The fraction of sp³-hybridized carbons (Fsp3) is 0.385. The van der Waals surface area contributed by atoms with E-state index in [9.17, 15) is 9.59 Å². The second kappa shape index (κ2) is 7.97. The number of amides is 3. The van der Waals surface area contributed by atoms with Crippen LogP contribution < -0.4 is 10.6 Å². The number of halogens is 2. The number of rotatable bonds is 5. The van der Waals surface area contributed by atoms with Crippen molar-refractivity contribution in [2.75, 3.05) is 25.0 Å². The second-order valence-corrected chi connectivity index (χ2v) is 4.84.